The van der Waals surface area contributed by atoms with Crippen molar-refractivity contribution >= 4 is 16.9 Å². The molecule has 0 aliphatic heterocycles. The number of hydrogen-bond acceptors (Lipinski definition) is 3. The molecule has 0 saturated heterocycles. The zero-order valence-electron chi connectivity index (χ0n) is 18.0. The molecule has 6 nitrogen and oxygen atoms in total. The van der Waals surface area contributed by atoms with E-state index in [4.69, 9.17) is 4.98 Å². The van der Waals surface area contributed by atoms with E-state index in [-0.39, 0.29) is 5.91 Å². The maximum Gasteiger partial charge on any atom is 0.227 e. The summed E-state index contributed by atoms with van der Waals surface area (Å²) in [6, 6.07) is 18.1. The van der Waals surface area contributed by atoms with Crippen LogP contribution in [0.15, 0.2) is 54.6 Å². The third kappa shape index (κ3) is 3.61. The minimum atomic E-state index is 0.0588. The van der Waals surface area contributed by atoms with Gasteiger partial charge >= 0.3 is 0 Å². The Labute approximate surface area is 176 Å². The second-order valence-electron chi connectivity index (χ2n) is 7.58. The lowest BCUT2D eigenvalue weighted by Gasteiger charge is -2.18. The van der Waals surface area contributed by atoms with Gasteiger partial charge in [-0.05, 0) is 45.0 Å². The van der Waals surface area contributed by atoms with Crippen LogP contribution in [0.4, 0.5) is 0 Å². The summed E-state index contributed by atoms with van der Waals surface area (Å²) in [5, 5.41) is 4.66. The van der Waals surface area contributed by atoms with Crippen molar-refractivity contribution in [1.29, 1.82) is 0 Å². The first-order valence-electron chi connectivity index (χ1n) is 10.3. The van der Waals surface area contributed by atoms with Crippen molar-refractivity contribution in [3.63, 3.8) is 0 Å². The number of carbonyl (C=O) groups excluding carboxylic acids is 1. The summed E-state index contributed by atoms with van der Waals surface area (Å²) in [5.41, 5.74) is 5.94. The minimum Gasteiger partial charge on any atom is -0.338 e. The van der Waals surface area contributed by atoms with Crippen LogP contribution in [0.2, 0.25) is 0 Å². The summed E-state index contributed by atoms with van der Waals surface area (Å²) in [5.74, 6) is 0.964. The predicted octanol–water partition coefficient (Wildman–Crippen LogP) is 4.06. The third-order valence-corrected chi connectivity index (χ3v) is 5.62. The monoisotopic (exact) mass is 401 g/mol. The average Bonchev–Trinajstić information content (AvgIpc) is 3.25. The number of imidazole rings is 1. The highest BCUT2D eigenvalue weighted by Gasteiger charge is 2.20. The topological polar surface area (TPSA) is 56.0 Å². The van der Waals surface area contributed by atoms with E-state index in [1.54, 1.807) is 4.90 Å². The van der Waals surface area contributed by atoms with E-state index in [1.807, 2.05) is 74.1 Å². The van der Waals surface area contributed by atoms with Gasteiger partial charge in [0.05, 0.1) is 35.4 Å². The van der Waals surface area contributed by atoms with Gasteiger partial charge in [-0.1, -0.05) is 30.3 Å². The van der Waals surface area contributed by atoms with Crippen molar-refractivity contribution < 1.29 is 4.79 Å². The van der Waals surface area contributed by atoms with E-state index < -0.39 is 0 Å². The van der Waals surface area contributed by atoms with E-state index in [2.05, 4.69) is 22.7 Å². The molecule has 4 rings (SSSR count). The molecule has 2 heterocycles. The molecular weight excluding hydrogens is 374 g/mol. The van der Waals surface area contributed by atoms with Crippen LogP contribution in [0.1, 0.15) is 29.7 Å². The number of benzene rings is 2. The standard InChI is InChI=1S/C24H27N5O/c1-5-28-22-14-10-9-13-21(22)25-23(28)16-27(4)24(30)15-20-17(2)26-29(18(20)3)19-11-7-6-8-12-19/h6-14H,5,15-16H2,1-4H3. The third-order valence-electron chi connectivity index (χ3n) is 5.62. The maximum atomic E-state index is 13.0. The molecule has 1 amide bonds. The van der Waals surface area contributed by atoms with E-state index in [1.165, 1.54) is 0 Å². The number of carbonyl (C=O) groups is 1. The van der Waals surface area contributed by atoms with Crippen molar-refractivity contribution in [2.24, 2.45) is 0 Å². The van der Waals surface area contributed by atoms with Gasteiger partial charge in [0.15, 0.2) is 0 Å². The van der Waals surface area contributed by atoms with Crippen molar-refractivity contribution in [3.05, 3.63) is 77.4 Å². The number of para-hydroxylation sites is 3. The van der Waals surface area contributed by atoms with Gasteiger partial charge in [0, 0.05) is 24.8 Å². The Morgan fingerprint density at radius 1 is 1.03 bits per heavy atom. The van der Waals surface area contributed by atoms with Gasteiger partial charge in [0.25, 0.3) is 0 Å². The van der Waals surface area contributed by atoms with Crippen LogP contribution in [0.3, 0.4) is 0 Å². The van der Waals surface area contributed by atoms with Gasteiger partial charge in [-0.15, -0.1) is 0 Å². The number of rotatable bonds is 6. The van der Waals surface area contributed by atoms with Crippen LogP contribution in [0, 0.1) is 13.8 Å². The number of fused-ring (bicyclic) bond motifs is 1. The zero-order valence-corrected chi connectivity index (χ0v) is 18.0. The largest absolute Gasteiger partial charge is 0.338 e. The molecule has 0 radical (unpaired) electrons. The highest BCUT2D eigenvalue weighted by Crippen LogP contribution is 2.20. The number of hydrogen-bond donors (Lipinski definition) is 0. The molecule has 0 fully saturated rings. The molecule has 2 aromatic heterocycles. The predicted molar refractivity (Wildman–Crippen MR) is 119 cm³/mol. The summed E-state index contributed by atoms with van der Waals surface area (Å²) in [6.45, 7) is 7.38. The summed E-state index contributed by atoms with van der Waals surface area (Å²) in [6.07, 6.45) is 0.327. The molecule has 0 saturated carbocycles. The lowest BCUT2D eigenvalue weighted by Crippen LogP contribution is -2.29. The second kappa shape index (κ2) is 8.14. The molecule has 2 aromatic carbocycles. The van der Waals surface area contributed by atoms with E-state index in [0.717, 1.165) is 46.0 Å². The Kier molecular flexibility index (Phi) is 5.40. The van der Waals surface area contributed by atoms with Crippen molar-refractivity contribution in [1.82, 2.24) is 24.2 Å². The van der Waals surface area contributed by atoms with Crippen molar-refractivity contribution in [2.75, 3.05) is 7.05 Å². The molecule has 30 heavy (non-hydrogen) atoms. The van der Waals surface area contributed by atoms with Crippen LogP contribution in [0.25, 0.3) is 16.7 Å². The lowest BCUT2D eigenvalue weighted by atomic mass is 10.1. The number of nitrogens with zero attached hydrogens (tertiary/aromatic N) is 5. The molecule has 6 heteroatoms. The van der Waals surface area contributed by atoms with E-state index in [9.17, 15) is 4.79 Å². The lowest BCUT2D eigenvalue weighted by molar-refractivity contribution is -0.129. The number of amides is 1. The minimum absolute atomic E-state index is 0.0588. The maximum absolute atomic E-state index is 13.0. The van der Waals surface area contributed by atoms with Crippen molar-refractivity contribution in [3.8, 4) is 5.69 Å². The van der Waals surface area contributed by atoms with Gasteiger partial charge < -0.3 is 9.47 Å². The van der Waals surface area contributed by atoms with Gasteiger partial charge in [-0.3, -0.25) is 4.79 Å². The van der Waals surface area contributed by atoms with Gasteiger partial charge in [-0.2, -0.15) is 5.10 Å². The smallest absolute Gasteiger partial charge is 0.227 e. The van der Waals surface area contributed by atoms with Crippen LogP contribution < -0.4 is 0 Å². The fourth-order valence-electron chi connectivity index (χ4n) is 3.94. The van der Waals surface area contributed by atoms with Crippen LogP contribution >= 0.6 is 0 Å². The van der Waals surface area contributed by atoms with Crippen molar-refractivity contribution in [2.45, 2.75) is 40.3 Å². The van der Waals surface area contributed by atoms with Gasteiger partial charge in [0.1, 0.15) is 5.82 Å². The molecule has 0 spiro atoms. The SMILES string of the molecule is CCn1c(CN(C)C(=O)Cc2c(C)nn(-c3ccccc3)c2C)nc2ccccc21. The first-order chi connectivity index (χ1) is 14.5. The zero-order chi connectivity index (χ0) is 21.3. The molecule has 0 aliphatic carbocycles. The fourth-order valence-corrected chi connectivity index (χ4v) is 3.94. The molecule has 0 atom stereocenters. The fraction of sp³-hybridized carbons (Fsp3) is 0.292. The van der Waals surface area contributed by atoms with E-state index in [0.29, 0.717) is 13.0 Å². The normalized spacial score (nSPS) is 11.2. The molecule has 154 valence electrons. The van der Waals surface area contributed by atoms with Crippen LogP contribution in [0.5, 0.6) is 0 Å². The molecule has 0 N–H and O–H groups in total. The molecule has 0 unspecified atom stereocenters. The Balaban J connectivity index is 1.54. The number of likely N-dealkylation sites (N-methyl/N-ethyl adjacent to an activating group) is 1. The second-order valence-corrected chi connectivity index (χ2v) is 7.58. The molecule has 0 aliphatic rings. The molecule has 0 bridgehead atoms. The Morgan fingerprint density at radius 3 is 2.47 bits per heavy atom. The quantitative estimate of drug-likeness (QED) is 0.490. The number of aromatic nitrogens is 4. The number of aryl methyl sites for hydroxylation is 2. The van der Waals surface area contributed by atoms with Crippen LogP contribution in [-0.2, 0) is 24.3 Å². The summed E-state index contributed by atoms with van der Waals surface area (Å²) < 4.78 is 4.08. The average molecular weight is 402 g/mol. The van der Waals surface area contributed by atoms with Crippen LogP contribution in [-0.4, -0.2) is 37.2 Å². The summed E-state index contributed by atoms with van der Waals surface area (Å²) >= 11 is 0. The Hall–Kier alpha value is -3.41. The highest BCUT2D eigenvalue weighted by molar-refractivity contribution is 5.79. The Morgan fingerprint density at radius 2 is 1.73 bits per heavy atom. The summed E-state index contributed by atoms with van der Waals surface area (Å²) in [7, 11) is 1.84. The summed E-state index contributed by atoms with van der Waals surface area (Å²) in [4.78, 5) is 19.5. The molecule has 4 aromatic rings. The first kappa shape index (κ1) is 19.9. The highest BCUT2D eigenvalue weighted by atomic mass is 16.2. The first-order valence-corrected chi connectivity index (χ1v) is 10.3. The van der Waals surface area contributed by atoms with Gasteiger partial charge in [0.2, 0.25) is 5.91 Å². The molecular formula is C24H27N5O. The van der Waals surface area contributed by atoms with E-state index >= 15 is 0 Å². The van der Waals surface area contributed by atoms with Gasteiger partial charge in [-0.25, -0.2) is 9.67 Å². The Bertz CT molecular complexity index is 1190.